The van der Waals surface area contributed by atoms with Gasteiger partial charge in [0.1, 0.15) is 5.60 Å². The van der Waals surface area contributed by atoms with E-state index in [4.69, 9.17) is 14.2 Å². The van der Waals surface area contributed by atoms with Crippen molar-refractivity contribution >= 4 is 11.6 Å². The Morgan fingerprint density at radius 2 is 1.85 bits per heavy atom. The molecule has 0 spiro atoms. The first kappa shape index (κ1) is 18.4. The molecule has 0 amide bonds. The van der Waals surface area contributed by atoms with Crippen molar-refractivity contribution < 1.29 is 23.8 Å². The van der Waals surface area contributed by atoms with E-state index in [-0.39, 0.29) is 23.4 Å². The Bertz CT molecular complexity index is 794. The number of rotatable bonds is 6. The molecule has 138 valence electrons. The first-order chi connectivity index (χ1) is 12.4. The fourth-order valence-corrected chi connectivity index (χ4v) is 4.40. The Labute approximate surface area is 153 Å². The number of fused-ring (bicyclic) bond motifs is 2. The number of ether oxygens (including phenoxy) is 3. The summed E-state index contributed by atoms with van der Waals surface area (Å²) in [7, 11) is 4.66. The van der Waals surface area contributed by atoms with Gasteiger partial charge in [0.05, 0.1) is 20.1 Å². The smallest absolute Gasteiger partial charge is 0.180 e. The van der Waals surface area contributed by atoms with Crippen molar-refractivity contribution in [2.45, 2.75) is 24.9 Å². The van der Waals surface area contributed by atoms with Crippen LogP contribution in [0.3, 0.4) is 0 Å². The monoisotopic (exact) mass is 356 g/mol. The van der Waals surface area contributed by atoms with Crippen LogP contribution in [0.25, 0.3) is 0 Å². The van der Waals surface area contributed by atoms with Crippen molar-refractivity contribution in [2.24, 2.45) is 11.8 Å². The van der Waals surface area contributed by atoms with Crippen molar-refractivity contribution in [3.63, 3.8) is 0 Å². The van der Waals surface area contributed by atoms with Crippen molar-refractivity contribution in [3.8, 4) is 11.5 Å². The molecule has 0 aliphatic heterocycles. The van der Waals surface area contributed by atoms with Crippen molar-refractivity contribution in [1.82, 2.24) is 0 Å². The van der Waals surface area contributed by atoms with E-state index < -0.39 is 11.5 Å². The fourth-order valence-electron chi connectivity index (χ4n) is 4.40. The van der Waals surface area contributed by atoms with E-state index >= 15 is 0 Å². The molecule has 1 saturated carbocycles. The predicted molar refractivity (Wildman–Crippen MR) is 97.6 cm³/mol. The lowest BCUT2D eigenvalue weighted by Crippen LogP contribution is -2.45. The zero-order chi connectivity index (χ0) is 19.1. The number of benzene rings is 1. The molecule has 0 N–H and O–H groups in total. The van der Waals surface area contributed by atoms with E-state index in [0.29, 0.717) is 23.5 Å². The van der Waals surface area contributed by atoms with Gasteiger partial charge in [0.25, 0.3) is 0 Å². The average molecular weight is 356 g/mol. The second-order valence-electron chi connectivity index (χ2n) is 6.79. The molecule has 26 heavy (non-hydrogen) atoms. The minimum Gasteiger partial charge on any atom is -0.493 e. The highest BCUT2D eigenvalue weighted by molar-refractivity contribution is 6.19. The SMILES string of the molecule is C=CCC1=C[C@]2(OC)C(=O)[C@H](C1=O)[C@@H](c1ccc(OC)c(OC)c1)[C@@H]2C. The molecule has 0 saturated heterocycles. The summed E-state index contributed by atoms with van der Waals surface area (Å²) in [6, 6.07) is 5.54. The summed E-state index contributed by atoms with van der Waals surface area (Å²) in [5.41, 5.74) is 0.393. The second kappa shape index (κ2) is 6.72. The van der Waals surface area contributed by atoms with E-state index in [1.807, 2.05) is 19.1 Å². The highest BCUT2D eigenvalue weighted by atomic mass is 16.5. The number of carbonyl (C=O) groups excluding carboxylic acids is 2. The van der Waals surface area contributed by atoms with Crippen LogP contribution in [0.1, 0.15) is 24.8 Å². The molecule has 5 nitrogen and oxygen atoms in total. The Morgan fingerprint density at radius 3 is 2.42 bits per heavy atom. The summed E-state index contributed by atoms with van der Waals surface area (Å²) in [5, 5.41) is 0. The van der Waals surface area contributed by atoms with Crippen LogP contribution < -0.4 is 9.47 Å². The van der Waals surface area contributed by atoms with Crippen LogP contribution in [-0.4, -0.2) is 38.5 Å². The molecule has 0 heterocycles. The second-order valence-corrected chi connectivity index (χ2v) is 6.79. The molecule has 4 atom stereocenters. The summed E-state index contributed by atoms with van der Waals surface area (Å²) < 4.78 is 16.4. The molecule has 2 aliphatic carbocycles. The topological polar surface area (TPSA) is 61.8 Å². The van der Waals surface area contributed by atoms with Gasteiger partial charge in [-0.2, -0.15) is 0 Å². The molecule has 0 aromatic heterocycles. The zero-order valence-corrected chi connectivity index (χ0v) is 15.6. The third kappa shape index (κ3) is 2.42. The maximum atomic E-state index is 13.1. The Balaban J connectivity index is 2.13. The van der Waals surface area contributed by atoms with Gasteiger partial charge in [-0.1, -0.05) is 19.1 Å². The van der Waals surface area contributed by atoms with Gasteiger partial charge < -0.3 is 14.2 Å². The third-order valence-corrected chi connectivity index (χ3v) is 5.72. The van der Waals surface area contributed by atoms with Crippen molar-refractivity contribution in [2.75, 3.05) is 21.3 Å². The average Bonchev–Trinajstić information content (AvgIpc) is 2.81. The van der Waals surface area contributed by atoms with E-state index in [1.165, 1.54) is 7.11 Å². The molecule has 0 radical (unpaired) electrons. The Morgan fingerprint density at radius 1 is 1.15 bits per heavy atom. The summed E-state index contributed by atoms with van der Waals surface area (Å²) in [6.07, 6.45) is 3.82. The van der Waals surface area contributed by atoms with Gasteiger partial charge in [-0.15, -0.1) is 6.58 Å². The quantitative estimate of drug-likeness (QED) is 0.579. The lowest BCUT2D eigenvalue weighted by atomic mass is 9.80. The standard InChI is InChI=1S/C21H24O5/c1-6-7-14-11-21(26-5)12(2)17(18(19(14)22)20(21)23)13-8-9-15(24-3)16(10-13)25-4/h6,8-12,17-18H,1,7H2,2-5H3/t12-,17+,18-,21+/m0/s1. The third-order valence-electron chi connectivity index (χ3n) is 5.72. The first-order valence-electron chi connectivity index (χ1n) is 8.63. The van der Waals surface area contributed by atoms with Crippen LogP contribution in [0.5, 0.6) is 11.5 Å². The lowest BCUT2D eigenvalue weighted by Gasteiger charge is -2.30. The molecular weight excluding hydrogens is 332 g/mol. The number of carbonyl (C=O) groups is 2. The molecule has 0 unspecified atom stereocenters. The van der Waals surface area contributed by atoms with Gasteiger partial charge in [0, 0.05) is 18.9 Å². The number of Topliss-reactive ketones (excluding diaryl/α,β-unsaturated/α-hetero) is 2. The highest BCUT2D eigenvalue weighted by Gasteiger charge is 2.63. The van der Waals surface area contributed by atoms with Crippen LogP contribution in [0.2, 0.25) is 0 Å². The van der Waals surface area contributed by atoms with E-state index in [0.717, 1.165) is 5.56 Å². The molecular formula is C21H24O5. The maximum absolute atomic E-state index is 13.1. The van der Waals surface area contributed by atoms with E-state index in [9.17, 15) is 9.59 Å². The minimum atomic E-state index is -1.07. The number of ketones is 2. The highest BCUT2D eigenvalue weighted by Crippen LogP contribution is 2.54. The van der Waals surface area contributed by atoms with Gasteiger partial charge in [-0.05, 0) is 35.8 Å². The fraction of sp³-hybridized carbons (Fsp3) is 0.429. The van der Waals surface area contributed by atoms with E-state index in [2.05, 4.69) is 6.58 Å². The van der Waals surface area contributed by atoms with Crippen LogP contribution in [-0.2, 0) is 14.3 Å². The van der Waals surface area contributed by atoms with Crippen molar-refractivity contribution in [3.05, 3.63) is 48.1 Å². The summed E-state index contributed by atoms with van der Waals surface area (Å²) in [4.78, 5) is 26.1. The van der Waals surface area contributed by atoms with Gasteiger partial charge in [-0.3, -0.25) is 9.59 Å². The molecule has 1 fully saturated rings. The van der Waals surface area contributed by atoms with Crippen LogP contribution in [0.15, 0.2) is 42.5 Å². The van der Waals surface area contributed by atoms with E-state index in [1.54, 1.807) is 32.4 Å². The molecule has 2 bridgehead atoms. The van der Waals surface area contributed by atoms with Gasteiger partial charge in [0.15, 0.2) is 23.1 Å². The van der Waals surface area contributed by atoms with Crippen molar-refractivity contribution in [1.29, 1.82) is 0 Å². The summed E-state index contributed by atoms with van der Waals surface area (Å²) >= 11 is 0. The molecule has 1 aromatic carbocycles. The largest absolute Gasteiger partial charge is 0.493 e. The molecule has 2 aliphatic rings. The Kier molecular flexibility index (Phi) is 4.76. The normalized spacial score (nSPS) is 30.2. The predicted octanol–water partition coefficient (Wildman–Crippen LogP) is 3.09. The number of hydrogen-bond acceptors (Lipinski definition) is 5. The summed E-state index contributed by atoms with van der Waals surface area (Å²) in [6.45, 7) is 5.68. The van der Waals surface area contributed by atoms with Crippen LogP contribution in [0.4, 0.5) is 0 Å². The van der Waals surface area contributed by atoms with Crippen LogP contribution >= 0.6 is 0 Å². The minimum absolute atomic E-state index is 0.133. The number of hydrogen-bond donors (Lipinski definition) is 0. The number of allylic oxidation sites excluding steroid dienone is 2. The maximum Gasteiger partial charge on any atom is 0.180 e. The van der Waals surface area contributed by atoms with Crippen LogP contribution in [0, 0.1) is 11.8 Å². The molecule has 1 aromatic rings. The lowest BCUT2D eigenvalue weighted by molar-refractivity contribution is -0.141. The number of methoxy groups -OCH3 is 3. The van der Waals surface area contributed by atoms with Gasteiger partial charge in [0.2, 0.25) is 0 Å². The zero-order valence-electron chi connectivity index (χ0n) is 15.6. The summed E-state index contributed by atoms with van der Waals surface area (Å²) in [5.74, 6) is -0.332. The van der Waals surface area contributed by atoms with Gasteiger partial charge in [-0.25, -0.2) is 0 Å². The Hall–Kier alpha value is -2.40. The first-order valence-corrected chi connectivity index (χ1v) is 8.63. The molecule has 3 rings (SSSR count). The molecule has 5 heteroatoms. The van der Waals surface area contributed by atoms with Gasteiger partial charge >= 0.3 is 0 Å².